The molecule has 0 spiro atoms. The van der Waals surface area contributed by atoms with Crippen molar-refractivity contribution in [2.24, 2.45) is 0 Å². The summed E-state index contributed by atoms with van der Waals surface area (Å²) in [4.78, 5) is 28.9. The number of aromatic nitrogens is 3. The summed E-state index contributed by atoms with van der Waals surface area (Å²) >= 11 is 0. The van der Waals surface area contributed by atoms with Gasteiger partial charge in [0.25, 0.3) is 5.91 Å². The minimum atomic E-state index is -0.708. The smallest absolute Gasteiger partial charge is 0.252 e. The standard InChI is InChI=1S/C19H17N5O2/c1-12-7-9-14(10-8-12)20-16(25)11-15-18(26)22-19-21-17(23-24(15)19)13-5-3-2-4-6-13/h2-10,15H,11H2,1H3,(H,20,25)(H,21,22,23,26)/t15-/m1/s1. The first-order valence-corrected chi connectivity index (χ1v) is 8.29. The quantitative estimate of drug-likeness (QED) is 0.759. The van der Waals surface area contributed by atoms with Crippen LogP contribution in [0.1, 0.15) is 18.0 Å². The number of anilines is 2. The monoisotopic (exact) mass is 347 g/mol. The molecule has 1 atom stereocenters. The second-order valence-corrected chi connectivity index (χ2v) is 6.19. The van der Waals surface area contributed by atoms with Crippen LogP contribution in [0.3, 0.4) is 0 Å². The van der Waals surface area contributed by atoms with E-state index >= 15 is 0 Å². The number of hydrogen-bond acceptors (Lipinski definition) is 4. The van der Waals surface area contributed by atoms with Crippen LogP contribution >= 0.6 is 0 Å². The van der Waals surface area contributed by atoms with Gasteiger partial charge in [0.1, 0.15) is 6.04 Å². The zero-order valence-corrected chi connectivity index (χ0v) is 14.1. The van der Waals surface area contributed by atoms with Crippen molar-refractivity contribution >= 4 is 23.5 Å². The average molecular weight is 347 g/mol. The first-order chi connectivity index (χ1) is 12.6. The van der Waals surface area contributed by atoms with Crippen LogP contribution in [-0.2, 0) is 9.59 Å². The van der Waals surface area contributed by atoms with E-state index in [1.165, 1.54) is 4.68 Å². The summed E-state index contributed by atoms with van der Waals surface area (Å²) in [7, 11) is 0. The molecule has 4 rings (SSSR count). The number of carbonyl (C=O) groups excluding carboxylic acids is 2. The van der Waals surface area contributed by atoms with Gasteiger partial charge in [-0.2, -0.15) is 4.98 Å². The highest BCUT2D eigenvalue weighted by Crippen LogP contribution is 2.28. The van der Waals surface area contributed by atoms with Crippen molar-refractivity contribution in [3.05, 3.63) is 60.2 Å². The molecule has 2 amide bonds. The molecule has 0 bridgehead atoms. The number of nitrogens with one attached hydrogen (secondary N) is 2. The van der Waals surface area contributed by atoms with Crippen LogP contribution in [0.2, 0.25) is 0 Å². The number of carbonyl (C=O) groups is 2. The maximum absolute atomic E-state index is 12.3. The Morgan fingerprint density at radius 3 is 2.62 bits per heavy atom. The molecule has 1 aliphatic rings. The summed E-state index contributed by atoms with van der Waals surface area (Å²) in [5.41, 5.74) is 2.66. The number of fused-ring (bicyclic) bond motifs is 1. The molecule has 1 aliphatic heterocycles. The highest BCUT2D eigenvalue weighted by molar-refractivity contribution is 6.01. The van der Waals surface area contributed by atoms with E-state index in [1.807, 2.05) is 61.5 Å². The van der Waals surface area contributed by atoms with Gasteiger partial charge in [-0.25, -0.2) is 4.68 Å². The van der Waals surface area contributed by atoms with Crippen molar-refractivity contribution in [1.82, 2.24) is 14.8 Å². The Bertz CT molecular complexity index is 963. The topological polar surface area (TPSA) is 88.9 Å². The molecule has 2 aromatic carbocycles. The third kappa shape index (κ3) is 3.06. The van der Waals surface area contributed by atoms with Gasteiger partial charge in [-0.05, 0) is 19.1 Å². The summed E-state index contributed by atoms with van der Waals surface area (Å²) in [5.74, 6) is 0.351. The summed E-state index contributed by atoms with van der Waals surface area (Å²) in [6.45, 7) is 1.98. The Kier molecular flexibility index (Phi) is 3.96. The largest absolute Gasteiger partial charge is 0.326 e. The Hall–Kier alpha value is -3.48. The van der Waals surface area contributed by atoms with Crippen LogP contribution in [0.4, 0.5) is 11.6 Å². The number of benzene rings is 2. The van der Waals surface area contributed by atoms with Crippen LogP contribution in [0.25, 0.3) is 11.4 Å². The van der Waals surface area contributed by atoms with Crippen LogP contribution < -0.4 is 10.6 Å². The van der Waals surface area contributed by atoms with Crippen LogP contribution in [0.15, 0.2) is 54.6 Å². The van der Waals surface area contributed by atoms with E-state index < -0.39 is 6.04 Å². The van der Waals surface area contributed by atoms with Crippen LogP contribution in [0, 0.1) is 6.92 Å². The van der Waals surface area contributed by atoms with Crippen LogP contribution in [-0.4, -0.2) is 26.6 Å². The van der Waals surface area contributed by atoms with Gasteiger partial charge in [0.2, 0.25) is 11.9 Å². The minimum Gasteiger partial charge on any atom is -0.326 e. The Balaban J connectivity index is 1.51. The predicted octanol–water partition coefficient (Wildman–Crippen LogP) is 2.78. The third-order valence-electron chi connectivity index (χ3n) is 4.21. The van der Waals surface area contributed by atoms with Gasteiger partial charge in [-0.15, -0.1) is 5.10 Å². The molecule has 0 fully saturated rings. The Morgan fingerprint density at radius 1 is 1.15 bits per heavy atom. The number of rotatable bonds is 4. The molecular formula is C19H17N5O2. The van der Waals surface area contributed by atoms with Gasteiger partial charge >= 0.3 is 0 Å². The molecule has 130 valence electrons. The summed E-state index contributed by atoms with van der Waals surface area (Å²) in [6.07, 6.45) is -0.00962. The van der Waals surface area contributed by atoms with Crippen molar-refractivity contribution in [3.63, 3.8) is 0 Å². The summed E-state index contributed by atoms with van der Waals surface area (Å²) in [5, 5.41) is 9.90. The van der Waals surface area contributed by atoms with Gasteiger partial charge in [-0.3, -0.25) is 14.9 Å². The molecule has 2 N–H and O–H groups in total. The van der Waals surface area contributed by atoms with Crippen molar-refractivity contribution in [1.29, 1.82) is 0 Å². The molecule has 7 heteroatoms. The second-order valence-electron chi connectivity index (χ2n) is 6.19. The molecule has 0 saturated heterocycles. The fraction of sp³-hybridized carbons (Fsp3) is 0.158. The second kappa shape index (κ2) is 6.44. The first-order valence-electron chi connectivity index (χ1n) is 8.29. The minimum absolute atomic E-state index is 0.00962. The van der Waals surface area contributed by atoms with Crippen molar-refractivity contribution < 1.29 is 9.59 Å². The van der Waals surface area contributed by atoms with E-state index in [-0.39, 0.29) is 18.2 Å². The highest BCUT2D eigenvalue weighted by Gasteiger charge is 2.35. The highest BCUT2D eigenvalue weighted by atomic mass is 16.2. The number of hydrogen-bond donors (Lipinski definition) is 2. The predicted molar refractivity (Wildman–Crippen MR) is 97.6 cm³/mol. The van der Waals surface area contributed by atoms with E-state index in [2.05, 4.69) is 20.7 Å². The van der Waals surface area contributed by atoms with Gasteiger partial charge in [0.15, 0.2) is 5.82 Å². The molecule has 7 nitrogen and oxygen atoms in total. The number of nitrogens with zero attached hydrogens (tertiary/aromatic N) is 3. The SMILES string of the molecule is Cc1ccc(NC(=O)C[C@@H]2C(=O)Nc3nc(-c4ccccc4)nn32)cc1. The van der Waals surface area contributed by atoms with Gasteiger partial charge < -0.3 is 5.32 Å². The fourth-order valence-corrected chi connectivity index (χ4v) is 2.84. The number of amides is 2. The van der Waals surface area contributed by atoms with Crippen molar-refractivity contribution in [2.45, 2.75) is 19.4 Å². The third-order valence-corrected chi connectivity index (χ3v) is 4.21. The summed E-state index contributed by atoms with van der Waals surface area (Å²) in [6, 6.07) is 16.3. The molecule has 1 aromatic heterocycles. The molecule has 2 heterocycles. The average Bonchev–Trinajstić information content (AvgIpc) is 3.17. The van der Waals surface area contributed by atoms with E-state index in [0.717, 1.165) is 11.1 Å². The molecule has 0 unspecified atom stereocenters. The Labute approximate surface area is 150 Å². The van der Waals surface area contributed by atoms with E-state index in [9.17, 15) is 9.59 Å². The van der Waals surface area contributed by atoms with Crippen LogP contribution in [0.5, 0.6) is 0 Å². The number of aryl methyl sites for hydroxylation is 1. The van der Waals surface area contributed by atoms with Gasteiger partial charge in [0.05, 0.1) is 6.42 Å². The lowest BCUT2D eigenvalue weighted by Crippen LogP contribution is -2.23. The molecule has 3 aromatic rings. The van der Waals surface area contributed by atoms with Crippen molar-refractivity contribution in [3.8, 4) is 11.4 Å². The zero-order valence-electron chi connectivity index (χ0n) is 14.1. The molecule has 0 aliphatic carbocycles. The zero-order chi connectivity index (χ0) is 18.1. The normalized spacial score (nSPS) is 15.4. The lowest BCUT2D eigenvalue weighted by Gasteiger charge is -2.10. The molecule has 26 heavy (non-hydrogen) atoms. The van der Waals surface area contributed by atoms with Gasteiger partial charge in [0, 0.05) is 11.3 Å². The maximum Gasteiger partial charge on any atom is 0.252 e. The van der Waals surface area contributed by atoms with Crippen molar-refractivity contribution in [2.75, 3.05) is 10.6 Å². The maximum atomic E-state index is 12.3. The molecule has 0 saturated carbocycles. The lowest BCUT2D eigenvalue weighted by molar-refractivity contribution is -0.123. The van der Waals surface area contributed by atoms with Gasteiger partial charge in [-0.1, -0.05) is 48.0 Å². The van der Waals surface area contributed by atoms with E-state index in [1.54, 1.807) is 0 Å². The molecular weight excluding hydrogens is 330 g/mol. The Morgan fingerprint density at radius 2 is 1.88 bits per heavy atom. The first kappa shape index (κ1) is 16.0. The van der Waals surface area contributed by atoms with E-state index in [0.29, 0.717) is 17.5 Å². The summed E-state index contributed by atoms with van der Waals surface area (Å²) < 4.78 is 1.49. The van der Waals surface area contributed by atoms with E-state index in [4.69, 9.17) is 0 Å². The fourth-order valence-electron chi connectivity index (χ4n) is 2.84. The lowest BCUT2D eigenvalue weighted by atomic mass is 10.2. The molecule has 0 radical (unpaired) electrons.